The lowest BCUT2D eigenvalue weighted by molar-refractivity contribution is 0.200. The SMILES string of the molecule is O=C(NCCc1ccccc1)Oc1cnn(Cc2ccccc2)c1. The first kappa shape index (κ1) is 15.8. The molecule has 1 N–H and O–H groups in total. The van der Waals surface area contributed by atoms with Gasteiger partial charge in [-0.1, -0.05) is 60.7 Å². The Hall–Kier alpha value is -3.08. The standard InChI is InChI=1S/C19H19N3O2/c23-19(20-12-11-16-7-3-1-4-8-16)24-18-13-21-22(15-18)14-17-9-5-2-6-10-17/h1-10,13,15H,11-12,14H2,(H,20,23). The molecule has 0 saturated heterocycles. The lowest BCUT2D eigenvalue weighted by Gasteiger charge is -2.05. The lowest BCUT2D eigenvalue weighted by Crippen LogP contribution is -2.28. The number of nitrogens with one attached hydrogen (secondary N) is 1. The number of aromatic nitrogens is 2. The van der Waals surface area contributed by atoms with Crippen molar-refractivity contribution in [1.82, 2.24) is 15.1 Å². The maximum Gasteiger partial charge on any atom is 0.412 e. The van der Waals surface area contributed by atoms with Gasteiger partial charge in [-0.25, -0.2) is 4.79 Å². The number of hydrogen-bond donors (Lipinski definition) is 1. The minimum atomic E-state index is -0.467. The van der Waals surface area contributed by atoms with E-state index in [4.69, 9.17) is 4.74 Å². The topological polar surface area (TPSA) is 56.1 Å². The van der Waals surface area contributed by atoms with Gasteiger partial charge >= 0.3 is 6.09 Å². The van der Waals surface area contributed by atoms with Crippen LogP contribution < -0.4 is 10.1 Å². The average Bonchev–Trinajstić information content (AvgIpc) is 3.03. The van der Waals surface area contributed by atoms with Crippen molar-refractivity contribution in [2.75, 3.05) is 6.54 Å². The molecule has 1 aromatic heterocycles. The number of hydrogen-bond acceptors (Lipinski definition) is 3. The molecule has 3 aromatic rings. The Bertz CT molecular complexity index is 770. The molecule has 0 aliphatic rings. The van der Waals surface area contributed by atoms with Crippen LogP contribution in [0, 0.1) is 0 Å². The first-order chi connectivity index (χ1) is 11.8. The van der Waals surface area contributed by atoms with Crippen LogP contribution in [0.4, 0.5) is 4.79 Å². The average molecular weight is 321 g/mol. The summed E-state index contributed by atoms with van der Waals surface area (Å²) < 4.78 is 6.98. The number of amides is 1. The van der Waals surface area contributed by atoms with Crippen molar-refractivity contribution in [3.63, 3.8) is 0 Å². The molecule has 0 aliphatic carbocycles. The molecule has 1 heterocycles. The molecule has 0 unspecified atom stereocenters. The molecule has 0 radical (unpaired) electrons. The molecule has 0 atom stereocenters. The van der Waals surface area contributed by atoms with E-state index in [1.165, 1.54) is 5.56 Å². The van der Waals surface area contributed by atoms with E-state index in [-0.39, 0.29) is 0 Å². The van der Waals surface area contributed by atoms with Crippen LogP contribution in [0.2, 0.25) is 0 Å². The predicted molar refractivity (Wildman–Crippen MR) is 91.9 cm³/mol. The second-order valence-corrected chi connectivity index (χ2v) is 5.41. The number of rotatable bonds is 6. The molecule has 0 spiro atoms. The van der Waals surface area contributed by atoms with Crippen molar-refractivity contribution >= 4 is 6.09 Å². The molecule has 0 aliphatic heterocycles. The molecular formula is C19H19N3O2. The molecule has 1 amide bonds. The summed E-state index contributed by atoms with van der Waals surface area (Å²) in [6.45, 7) is 1.17. The van der Waals surface area contributed by atoms with E-state index in [2.05, 4.69) is 10.4 Å². The highest BCUT2D eigenvalue weighted by Crippen LogP contribution is 2.10. The van der Waals surface area contributed by atoms with E-state index >= 15 is 0 Å². The molecule has 2 aromatic carbocycles. The van der Waals surface area contributed by atoms with Crippen molar-refractivity contribution in [2.45, 2.75) is 13.0 Å². The second kappa shape index (κ2) is 7.97. The summed E-state index contributed by atoms with van der Waals surface area (Å²) in [5.74, 6) is 0.433. The number of carbonyl (C=O) groups is 1. The van der Waals surface area contributed by atoms with E-state index in [1.807, 2.05) is 60.7 Å². The van der Waals surface area contributed by atoms with Gasteiger partial charge in [0.05, 0.1) is 18.9 Å². The van der Waals surface area contributed by atoms with Crippen molar-refractivity contribution in [3.8, 4) is 5.75 Å². The van der Waals surface area contributed by atoms with Crippen LogP contribution in [-0.4, -0.2) is 22.4 Å². The van der Waals surface area contributed by atoms with Crippen LogP contribution in [0.25, 0.3) is 0 Å². The van der Waals surface area contributed by atoms with Crippen molar-refractivity contribution in [3.05, 3.63) is 84.2 Å². The van der Waals surface area contributed by atoms with E-state index in [9.17, 15) is 4.79 Å². The molecule has 0 saturated carbocycles. The normalized spacial score (nSPS) is 10.3. The fourth-order valence-corrected chi connectivity index (χ4v) is 2.35. The summed E-state index contributed by atoms with van der Waals surface area (Å²) in [4.78, 5) is 11.8. The smallest absolute Gasteiger partial charge is 0.407 e. The first-order valence-corrected chi connectivity index (χ1v) is 7.85. The monoisotopic (exact) mass is 321 g/mol. The van der Waals surface area contributed by atoms with Gasteiger partial charge in [0.2, 0.25) is 0 Å². The van der Waals surface area contributed by atoms with Crippen LogP contribution >= 0.6 is 0 Å². The van der Waals surface area contributed by atoms with Crippen LogP contribution in [0.15, 0.2) is 73.1 Å². The third-order valence-electron chi connectivity index (χ3n) is 3.53. The Labute approximate surface area is 140 Å². The van der Waals surface area contributed by atoms with Gasteiger partial charge < -0.3 is 10.1 Å². The minimum absolute atomic E-state index is 0.433. The maximum absolute atomic E-state index is 11.8. The van der Waals surface area contributed by atoms with Crippen LogP contribution in [-0.2, 0) is 13.0 Å². The number of ether oxygens (including phenoxy) is 1. The van der Waals surface area contributed by atoms with E-state index in [0.29, 0.717) is 18.8 Å². The van der Waals surface area contributed by atoms with E-state index in [1.54, 1.807) is 17.1 Å². The van der Waals surface area contributed by atoms with Gasteiger partial charge in [-0.05, 0) is 17.5 Å². The van der Waals surface area contributed by atoms with Gasteiger partial charge in [0.15, 0.2) is 5.75 Å². The second-order valence-electron chi connectivity index (χ2n) is 5.41. The quantitative estimate of drug-likeness (QED) is 0.758. The first-order valence-electron chi connectivity index (χ1n) is 7.85. The van der Waals surface area contributed by atoms with Gasteiger partial charge in [-0.3, -0.25) is 4.68 Å². The Morgan fingerprint density at radius 2 is 1.67 bits per heavy atom. The summed E-state index contributed by atoms with van der Waals surface area (Å²) in [5, 5.41) is 6.94. The predicted octanol–water partition coefficient (Wildman–Crippen LogP) is 3.26. The third-order valence-corrected chi connectivity index (χ3v) is 3.53. The van der Waals surface area contributed by atoms with Gasteiger partial charge in [-0.2, -0.15) is 5.10 Å². The summed E-state index contributed by atoms with van der Waals surface area (Å²) in [7, 11) is 0. The van der Waals surface area contributed by atoms with Gasteiger partial charge in [0.25, 0.3) is 0 Å². The molecule has 122 valence electrons. The lowest BCUT2D eigenvalue weighted by atomic mass is 10.1. The fourth-order valence-electron chi connectivity index (χ4n) is 2.35. The van der Waals surface area contributed by atoms with Crippen molar-refractivity contribution in [1.29, 1.82) is 0 Å². The zero-order valence-electron chi connectivity index (χ0n) is 13.3. The summed E-state index contributed by atoms with van der Waals surface area (Å²) >= 11 is 0. The van der Waals surface area contributed by atoms with Gasteiger partial charge in [-0.15, -0.1) is 0 Å². The van der Waals surface area contributed by atoms with Crippen LogP contribution in [0.3, 0.4) is 0 Å². The highest BCUT2D eigenvalue weighted by atomic mass is 16.6. The molecule has 3 rings (SSSR count). The Morgan fingerprint density at radius 3 is 2.38 bits per heavy atom. The minimum Gasteiger partial charge on any atom is -0.407 e. The largest absolute Gasteiger partial charge is 0.412 e. The van der Waals surface area contributed by atoms with E-state index < -0.39 is 6.09 Å². The maximum atomic E-state index is 11.8. The van der Waals surface area contributed by atoms with E-state index in [0.717, 1.165) is 12.0 Å². The highest BCUT2D eigenvalue weighted by molar-refractivity contribution is 5.70. The number of nitrogens with zero attached hydrogens (tertiary/aromatic N) is 2. The molecule has 24 heavy (non-hydrogen) atoms. The molecule has 0 bridgehead atoms. The summed E-state index contributed by atoms with van der Waals surface area (Å²) in [6.07, 6.45) is 3.55. The van der Waals surface area contributed by atoms with Crippen molar-refractivity contribution < 1.29 is 9.53 Å². The summed E-state index contributed by atoms with van der Waals surface area (Å²) in [5.41, 5.74) is 2.31. The molecule has 5 heteroatoms. The van der Waals surface area contributed by atoms with Gasteiger partial charge in [0, 0.05) is 6.54 Å². The molecule has 0 fully saturated rings. The molecular weight excluding hydrogens is 302 g/mol. The third kappa shape index (κ3) is 4.71. The van der Waals surface area contributed by atoms with Gasteiger partial charge in [0.1, 0.15) is 0 Å². The number of benzene rings is 2. The zero-order chi connectivity index (χ0) is 16.6. The fraction of sp³-hybridized carbons (Fsp3) is 0.158. The highest BCUT2D eigenvalue weighted by Gasteiger charge is 2.06. The van der Waals surface area contributed by atoms with Crippen molar-refractivity contribution in [2.24, 2.45) is 0 Å². The Balaban J connectivity index is 1.45. The Kier molecular flexibility index (Phi) is 5.24. The zero-order valence-corrected chi connectivity index (χ0v) is 13.3. The summed E-state index contributed by atoms with van der Waals surface area (Å²) in [6, 6.07) is 20.0. The molecule has 5 nitrogen and oxygen atoms in total. The van der Waals surface area contributed by atoms with Crippen LogP contribution in [0.5, 0.6) is 5.75 Å². The Morgan fingerprint density at radius 1 is 1.00 bits per heavy atom. The van der Waals surface area contributed by atoms with Crippen LogP contribution in [0.1, 0.15) is 11.1 Å². The number of carbonyl (C=O) groups excluding carboxylic acids is 1.